The summed E-state index contributed by atoms with van der Waals surface area (Å²) in [6, 6.07) is 11.3. The molecule has 0 saturated carbocycles. The van der Waals surface area contributed by atoms with Crippen LogP contribution in [0.5, 0.6) is 0 Å². The summed E-state index contributed by atoms with van der Waals surface area (Å²) < 4.78 is 0. The molecule has 8 nitrogen and oxygen atoms in total. The van der Waals surface area contributed by atoms with Crippen LogP contribution in [0.3, 0.4) is 0 Å². The van der Waals surface area contributed by atoms with Gasteiger partial charge in [-0.1, -0.05) is 12.1 Å². The first kappa shape index (κ1) is 19.3. The van der Waals surface area contributed by atoms with Gasteiger partial charge in [-0.3, -0.25) is 9.59 Å². The van der Waals surface area contributed by atoms with Gasteiger partial charge in [-0.25, -0.2) is 9.97 Å². The highest BCUT2D eigenvalue weighted by Crippen LogP contribution is 2.26. The molecule has 0 aliphatic heterocycles. The molecular weight excluding hydrogens is 360 g/mol. The molecule has 0 radical (unpaired) electrons. The molecule has 28 heavy (non-hydrogen) atoms. The quantitative estimate of drug-likeness (QED) is 0.311. The van der Waals surface area contributed by atoms with Crippen LogP contribution < -0.4 is 10.6 Å². The molecule has 0 saturated heterocycles. The zero-order valence-corrected chi connectivity index (χ0v) is 15.3. The second kappa shape index (κ2) is 8.98. The molecule has 1 heterocycles. The number of aliphatic carboxylic acids is 2. The molecule has 8 heteroatoms. The van der Waals surface area contributed by atoms with Gasteiger partial charge in [0.05, 0.1) is 22.4 Å². The van der Waals surface area contributed by atoms with Gasteiger partial charge in [-0.2, -0.15) is 0 Å². The Morgan fingerprint density at radius 1 is 0.750 bits per heavy atom. The number of benzene rings is 2. The van der Waals surface area contributed by atoms with Crippen molar-refractivity contribution in [3.8, 4) is 0 Å². The van der Waals surface area contributed by atoms with Crippen molar-refractivity contribution in [3.05, 3.63) is 36.4 Å². The topological polar surface area (TPSA) is 124 Å². The summed E-state index contributed by atoms with van der Waals surface area (Å²) in [5, 5.41) is 24.0. The Morgan fingerprint density at radius 2 is 1.18 bits per heavy atom. The van der Waals surface area contributed by atoms with Gasteiger partial charge in [-0.05, 0) is 37.1 Å². The van der Waals surface area contributed by atoms with Gasteiger partial charge in [0.1, 0.15) is 11.0 Å². The number of rotatable bonds is 10. The summed E-state index contributed by atoms with van der Waals surface area (Å²) in [5.41, 5.74) is 4.56. The van der Waals surface area contributed by atoms with E-state index in [0.717, 1.165) is 33.4 Å². The van der Waals surface area contributed by atoms with E-state index < -0.39 is 11.9 Å². The summed E-state index contributed by atoms with van der Waals surface area (Å²) in [6.07, 6.45) is 1.28. The van der Waals surface area contributed by atoms with Crippen molar-refractivity contribution >= 4 is 45.4 Å². The van der Waals surface area contributed by atoms with Gasteiger partial charge in [0, 0.05) is 25.9 Å². The lowest BCUT2D eigenvalue weighted by Crippen LogP contribution is -2.07. The Bertz CT molecular complexity index is 925. The smallest absolute Gasteiger partial charge is 0.303 e. The third-order valence-electron chi connectivity index (χ3n) is 4.26. The van der Waals surface area contributed by atoms with E-state index in [0.29, 0.717) is 25.9 Å². The zero-order chi connectivity index (χ0) is 19.9. The van der Waals surface area contributed by atoms with Gasteiger partial charge in [0.15, 0.2) is 0 Å². The first-order chi connectivity index (χ1) is 13.5. The predicted molar refractivity (Wildman–Crippen MR) is 108 cm³/mol. The molecule has 4 N–H and O–H groups in total. The molecule has 0 aliphatic rings. The molecule has 0 unspecified atom stereocenters. The molecule has 3 rings (SSSR count). The van der Waals surface area contributed by atoms with E-state index >= 15 is 0 Å². The fourth-order valence-electron chi connectivity index (χ4n) is 2.93. The molecule has 0 aliphatic carbocycles. The minimum atomic E-state index is -0.811. The normalized spacial score (nSPS) is 10.9. The predicted octanol–water partition coefficient (Wildman–Crippen LogP) is 3.34. The molecule has 146 valence electrons. The Hall–Kier alpha value is -3.42. The van der Waals surface area contributed by atoms with E-state index in [-0.39, 0.29) is 12.8 Å². The van der Waals surface area contributed by atoms with Crippen molar-refractivity contribution in [3.63, 3.8) is 0 Å². The Kier molecular flexibility index (Phi) is 6.21. The van der Waals surface area contributed by atoms with E-state index in [2.05, 4.69) is 10.6 Å². The van der Waals surface area contributed by atoms with Crippen LogP contribution in [0.2, 0.25) is 0 Å². The van der Waals surface area contributed by atoms with Crippen molar-refractivity contribution in [1.82, 2.24) is 9.97 Å². The number of anilines is 2. The maximum absolute atomic E-state index is 10.6. The first-order valence-electron chi connectivity index (χ1n) is 9.15. The summed E-state index contributed by atoms with van der Waals surface area (Å²) >= 11 is 0. The van der Waals surface area contributed by atoms with Crippen molar-refractivity contribution in [2.24, 2.45) is 0 Å². The standard InChI is InChI=1S/C20H22N4O4/c25-17(26)9-3-11-21-13-5-1-7-15-19(13)24-16-8-2-6-14(20(16)23-15)22-12-4-10-18(27)28/h1-2,5-8,21-22H,3-4,9-12H2,(H,25,26)(H,27,28). The number of carboxylic acids is 2. The van der Waals surface area contributed by atoms with Crippen LogP contribution in [0, 0.1) is 0 Å². The Labute approximate surface area is 161 Å². The highest BCUT2D eigenvalue weighted by Gasteiger charge is 2.09. The minimum absolute atomic E-state index is 0.114. The third-order valence-corrected chi connectivity index (χ3v) is 4.26. The lowest BCUT2D eigenvalue weighted by Gasteiger charge is -2.12. The Morgan fingerprint density at radius 3 is 1.57 bits per heavy atom. The van der Waals surface area contributed by atoms with Crippen LogP contribution in [-0.2, 0) is 9.59 Å². The molecule has 0 spiro atoms. The number of aromatic nitrogens is 2. The second-order valence-electron chi connectivity index (χ2n) is 6.42. The number of fused-ring (bicyclic) bond motifs is 2. The van der Waals surface area contributed by atoms with E-state index in [1.807, 2.05) is 36.4 Å². The number of hydrogen-bond donors (Lipinski definition) is 4. The number of nitrogens with one attached hydrogen (secondary N) is 2. The molecule has 0 atom stereocenters. The van der Waals surface area contributed by atoms with Crippen LogP contribution in [0.1, 0.15) is 25.7 Å². The average molecular weight is 382 g/mol. The van der Waals surface area contributed by atoms with Crippen LogP contribution >= 0.6 is 0 Å². The van der Waals surface area contributed by atoms with Gasteiger partial charge >= 0.3 is 11.9 Å². The summed E-state index contributed by atoms with van der Waals surface area (Å²) in [6.45, 7) is 1.08. The monoisotopic (exact) mass is 382 g/mol. The van der Waals surface area contributed by atoms with Crippen LogP contribution in [0.25, 0.3) is 22.1 Å². The van der Waals surface area contributed by atoms with Crippen molar-refractivity contribution < 1.29 is 19.8 Å². The van der Waals surface area contributed by atoms with E-state index in [1.165, 1.54) is 0 Å². The van der Waals surface area contributed by atoms with Gasteiger partial charge in [-0.15, -0.1) is 0 Å². The van der Waals surface area contributed by atoms with Crippen LogP contribution in [-0.4, -0.2) is 45.2 Å². The van der Waals surface area contributed by atoms with Crippen molar-refractivity contribution in [1.29, 1.82) is 0 Å². The van der Waals surface area contributed by atoms with Gasteiger partial charge in [0.25, 0.3) is 0 Å². The molecular formula is C20H22N4O4. The molecule has 1 aromatic heterocycles. The Balaban J connectivity index is 1.82. The molecule has 0 bridgehead atoms. The fourth-order valence-corrected chi connectivity index (χ4v) is 2.93. The number of para-hydroxylation sites is 2. The molecule has 0 fully saturated rings. The van der Waals surface area contributed by atoms with E-state index in [4.69, 9.17) is 20.2 Å². The average Bonchev–Trinajstić information content (AvgIpc) is 2.67. The highest BCUT2D eigenvalue weighted by atomic mass is 16.4. The third kappa shape index (κ3) is 4.85. The van der Waals surface area contributed by atoms with E-state index in [1.54, 1.807) is 0 Å². The second-order valence-corrected chi connectivity index (χ2v) is 6.42. The van der Waals surface area contributed by atoms with E-state index in [9.17, 15) is 9.59 Å². The lowest BCUT2D eigenvalue weighted by atomic mass is 10.2. The van der Waals surface area contributed by atoms with Crippen LogP contribution in [0.15, 0.2) is 36.4 Å². The summed E-state index contributed by atoms with van der Waals surface area (Å²) in [4.78, 5) is 30.8. The summed E-state index contributed by atoms with van der Waals surface area (Å²) in [7, 11) is 0. The summed E-state index contributed by atoms with van der Waals surface area (Å²) in [5.74, 6) is -1.62. The van der Waals surface area contributed by atoms with Gasteiger partial charge in [0.2, 0.25) is 0 Å². The van der Waals surface area contributed by atoms with Crippen LogP contribution in [0.4, 0.5) is 11.4 Å². The largest absolute Gasteiger partial charge is 0.481 e. The number of carboxylic acid groups (broad SMARTS) is 2. The fraction of sp³-hybridized carbons (Fsp3) is 0.300. The molecule has 3 aromatic rings. The SMILES string of the molecule is O=C(O)CCCNc1cccc2nc3c(NCCCC(=O)O)cccc3nc12. The molecule has 2 aromatic carbocycles. The number of hydrogen-bond acceptors (Lipinski definition) is 6. The maximum atomic E-state index is 10.6. The maximum Gasteiger partial charge on any atom is 0.303 e. The van der Waals surface area contributed by atoms with Crippen molar-refractivity contribution in [2.45, 2.75) is 25.7 Å². The lowest BCUT2D eigenvalue weighted by molar-refractivity contribution is -0.138. The number of nitrogens with zero attached hydrogens (tertiary/aromatic N) is 2. The first-order valence-corrected chi connectivity index (χ1v) is 9.15. The zero-order valence-electron chi connectivity index (χ0n) is 15.3. The minimum Gasteiger partial charge on any atom is -0.481 e. The molecule has 0 amide bonds. The highest BCUT2D eigenvalue weighted by molar-refractivity contribution is 5.97. The van der Waals surface area contributed by atoms with Gasteiger partial charge < -0.3 is 20.8 Å². The van der Waals surface area contributed by atoms with Crippen molar-refractivity contribution in [2.75, 3.05) is 23.7 Å². The number of carbonyl (C=O) groups is 2.